The fourth-order valence-electron chi connectivity index (χ4n) is 2.60. The third-order valence-electron chi connectivity index (χ3n) is 3.72. The van der Waals surface area contributed by atoms with Crippen molar-refractivity contribution in [1.29, 1.82) is 0 Å². The van der Waals surface area contributed by atoms with Crippen LogP contribution in [0.2, 0.25) is 0 Å². The van der Waals surface area contributed by atoms with E-state index < -0.39 is 0 Å². The molecule has 110 valence electrons. The molecule has 1 aromatic heterocycles. The lowest BCUT2D eigenvalue weighted by Gasteiger charge is -2.31. The second-order valence-electron chi connectivity index (χ2n) is 5.21. The van der Waals surface area contributed by atoms with Gasteiger partial charge in [-0.1, -0.05) is 5.16 Å². The number of nitrogens with zero attached hydrogens (tertiary/aromatic N) is 3. The average molecular weight is 278 g/mol. The number of hydrogen-bond donors (Lipinski definition) is 2. The summed E-state index contributed by atoms with van der Waals surface area (Å²) in [6.45, 7) is 4.63. The molecule has 1 fully saturated rings. The van der Waals surface area contributed by atoms with Gasteiger partial charge in [0, 0.05) is 30.3 Å². The number of methoxy groups -OCH3 is 1. The maximum absolute atomic E-state index is 8.70. The van der Waals surface area contributed by atoms with Crippen molar-refractivity contribution in [2.45, 2.75) is 26.3 Å². The van der Waals surface area contributed by atoms with Gasteiger partial charge in [0.25, 0.3) is 0 Å². The first kappa shape index (κ1) is 14.6. The molecule has 6 heteroatoms. The van der Waals surface area contributed by atoms with Crippen LogP contribution >= 0.6 is 0 Å². The van der Waals surface area contributed by atoms with Crippen molar-refractivity contribution in [1.82, 2.24) is 9.88 Å². The Kier molecular flexibility index (Phi) is 4.79. The Bertz CT molecular complexity index is 482. The van der Waals surface area contributed by atoms with Gasteiger partial charge >= 0.3 is 0 Å². The van der Waals surface area contributed by atoms with Crippen LogP contribution in [-0.2, 0) is 6.54 Å². The second-order valence-corrected chi connectivity index (χ2v) is 5.21. The van der Waals surface area contributed by atoms with Crippen LogP contribution in [0, 0.1) is 12.8 Å². The predicted octanol–water partition coefficient (Wildman–Crippen LogP) is 1.36. The topological polar surface area (TPSA) is 84.0 Å². The Morgan fingerprint density at radius 1 is 1.50 bits per heavy atom. The molecule has 0 amide bonds. The molecule has 20 heavy (non-hydrogen) atoms. The lowest BCUT2D eigenvalue weighted by atomic mass is 9.96. The Labute approximate surface area is 119 Å². The van der Waals surface area contributed by atoms with E-state index in [1.807, 2.05) is 19.1 Å². The number of nitrogens with two attached hydrogens (primary N) is 1. The monoisotopic (exact) mass is 278 g/mol. The minimum absolute atomic E-state index is 0.191. The van der Waals surface area contributed by atoms with E-state index in [0.29, 0.717) is 5.84 Å². The van der Waals surface area contributed by atoms with E-state index in [9.17, 15) is 0 Å². The minimum atomic E-state index is 0.191. The Morgan fingerprint density at radius 3 is 2.80 bits per heavy atom. The number of hydrogen-bond acceptors (Lipinski definition) is 5. The van der Waals surface area contributed by atoms with Crippen molar-refractivity contribution in [3.63, 3.8) is 0 Å². The summed E-state index contributed by atoms with van der Waals surface area (Å²) in [6.07, 6.45) is 1.83. The summed E-state index contributed by atoms with van der Waals surface area (Å²) in [4.78, 5) is 6.87. The van der Waals surface area contributed by atoms with Crippen LogP contribution in [0.15, 0.2) is 17.3 Å². The standard InChI is InChI=1S/C14H22N4O2/c1-10-7-13(20-2)8-12(16-10)9-18-5-3-11(4-6-18)14(15)17-19/h7-8,11,19H,3-6,9H2,1-2H3,(H2,15,17). The highest BCUT2D eigenvalue weighted by Gasteiger charge is 2.22. The second kappa shape index (κ2) is 6.56. The third kappa shape index (κ3) is 3.60. The molecule has 1 aliphatic heterocycles. The summed E-state index contributed by atoms with van der Waals surface area (Å²) in [6, 6.07) is 3.90. The van der Waals surface area contributed by atoms with Gasteiger partial charge in [0.1, 0.15) is 11.6 Å². The minimum Gasteiger partial charge on any atom is -0.497 e. The quantitative estimate of drug-likeness (QED) is 0.376. The van der Waals surface area contributed by atoms with Crippen molar-refractivity contribution >= 4 is 5.84 Å². The van der Waals surface area contributed by atoms with E-state index in [1.165, 1.54) is 0 Å². The Morgan fingerprint density at radius 2 is 2.20 bits per heavy atom. The van der Waals surface area contributed by atoms with Gasteiger partial charge in [-0.3, -0.25) is 9.88 Å². The van der Waals surface area contributed by atoms with Crippen molar-refractivity contribution in [3.05, 3.63) is 23.5 Å². The van der Waals surface area contributed by atoms with E-state index in [0.717, 1.165) is 49.6 Å². The number of ether oxygens (including phenoxy) is 1. The zero-order chi connectivity index (χ0) is 14.5. The third-order valence-corrected chi connectivity index (χ3v) is 3.72. The van der Waals surface area contributed by atoms with Crippen LogP contribution in [0.3, 0.4) is 0 Å². The van der Waals surface area contributed by atoms with Crippen molar-refractivity contribution in [2.75, 3.05) is 20.2 Å². The van der Waals surface area contributed by atoms with Gasteiger partial charge < -0.3 is 15.7 Å². The average Bonchev–Trinajstić information content (AvgIpc) is 2.46. The SMILES string of the molecule is COc1cc(C)nc(CN2CCC(/C(N)=N/O)CC2)c1. The molecule has 2 heterocycles. The molecule has 0 atom stereocenters. The highest BCUT2D eigenvalue weighted by molar-refractivity contribution is 5.82. The highest BCUT2D eigenvalue weighted by atomic mass is 16.5. The van der Waals surface area contributed by atoms with Crippen molar-refractivity contribution < 1.29 is 9.94 Å². The number of piperidine rings is 1. The molecule has 0 aromatic carbocycles. The number of likely N-dealkylation sites (tertiary alicyclic amines) is 1. The molecule has 2 rings (SSSR count). The van der Waals surface area contributed by atoms with E-state index in [4.69, 9.17) is 15.7 Å². The number of rotatable bonds is 4. The smallest absolute Gasteiger partial charge is 0.142 e. The number of amidine groups is 1. The van der Waals surface area contributed by atoms with Crippen LogP contribution < -0.4 is 10.5 Å². The van der Waals surface area contributed by atoms with E-state index in [-0.39, 0.29) is 5.92 Å². The summed E-state index contributed by atoms with van der Waals surface area (Å²) < 4.78 is 5.27. The van der Waals surface area contributed by atoms with Gasteiger partial charge in [0.15, 0.2) is 0 Å². The Hall–Kier alpha value is -1.82. The first-order chi connectivity index (χ1) is 9.62. The van der Waals surface area contributed by atoms with E-state index in [2.05, 4.69) is 15.0 Å². The van der Waals surface area contributed by atoms with Gasteiger partial charge in [-0.2, -0.15) is 0 Å². The zero-order valence-electron chi connectivity index (χ0n) is 12.0. The molecule has 0 bridgehead atoms. The molecule has 1 saturated heterocycles. The van der Waals surface area contributed by atoms with Crippen LogP contribution in [0.4, 0.5) is 0 Å². The van der Waals surface area contributed by atoms with Crippen molar-refractivity contribution in [2.24, 2.45) is 16.8 Å². The van der Waals surface area contributed by atoms with E-state index >= 15 is 0 Å². The highest BCUT2D eigenvalue weighted by Crippen LogP contribution is 2.20. The maximum Gasteiger partial charge on any atom is 0.142 e. The summed E-state index contributed by atoms with van der Waals surface area (Å²) in [5.74, 6) is 1.38. The molecule has 0 radical (unpaired) electrons. The van der Waals surface area contributed by atoms with Crippen LogP contribution in [0.25, 0.3) is 0 Å². The Balaban J connectivity index is 1.94. The van der Waals surface area contributed by atoms with Gasteiger partial charge in [-0.05, 0) is 32.9 Å². The molecular formula is C14H22N4O2. The fourth-order valence-corrected chi connectivity index (χ4v) is 2.60. The fraction of sp³-hybridized carbons (Fsp3) is 0.571. The zero-order valence-corrected chi connectivity index (χ0v) is 12.0. The first-order valence-electron chi connectivity index (χ1n) is 6.83. The summed E-state index contributed by atoms with van der Waals surface area (Å²) >= 11 is 0. The number of pyridine rings is 1. The molecule has 0 aliphatic carbocycles. The molecule has 1 aromatic rings. The lowest BCUT2D eigenvalue weighted by Crippen LogP contribution is -2.38. The van der Waals surface area contributed by atoms with Crippen molar-refractivity contribution in [3.8, 4) is 5.75 Å². The van der Waals surface area contributed by atoms with Crippen LogP contribution in [0.1, 0.15) is 24.2 Å². The number of aryl methyl sites for hydroxylation is 1. The summed E-state index contributed by atoms with van der Waals surface area (Å²) in [5.41, 5.74) is 7.64. The normalized spacial score (nSPS) is 18.2. The van der Waals surface area contributed by atoms with Gasteiger partial charge in [-0.15, -0.1) is 0 Å². The summed E-state index contributed by atoms with van der Waals surface area (Å²) in [7, 11) is 1.67. The molecule has 0 spiro atoms. The summed E-state index contributed by atoms with van der Waals surface area (Å²) in [5, 5.41) is 11.8. The molecule has 0 unspecified atom stereocenters. The molecule has 0 saturated carbocycles. The predicted molar refractivity (Wildman–Crippen MR) is 76.9 cm³/mol. The molecule has 1 aliphatic rings. The largest absolute Gasteiger partial charge is 0.497 e. The van der Waals surface area contributed by atoms with Crippen LogP contribution in [-0.4, -0.2) is 41.1 Å². The molecule has 6 nitrogen and oxygen atoms in total. The molecule has 3 N–H and O–H groups in total. The lowest BCUT2D eigenvalue weighted by molar-refractivity contribution is 0.196. The van der Waals surface area contributed by atoms with Crippen LogP contribution in [0.5, 0.6) is 5.75 Å². The first-order valence-corrected chi connectivity index (χ1v) is 6.83. The molecular weight excluding hydrogens is 256 g/mol. The number of oxime groups is 1. The van der Waals surface area contributed by atoms with E-state index in [1.54, 1.807) is 7.11 Å². The van der Waals surface area contributed by atoms with Gasteiger partial charge in [-0.25, -0.2) is 0 Å². The maximum atomic E-state index is 8.70. The van der Waals surface area contributed by atoms with Gasteiger partial charge in [0.05, 0.1) is 12.8 Å². The number of aromatic nitrogens is 1. The van der Waals surface area contributed by atoms with Gasteiger partial charge in [0.2, 0.25) is 0 Å².